The molecule has 6 aromatic heterocycles. The van der Waals surface area contributed by atoms with Gasteiger partial charge in [-0.3, -0.25) is 0 Å². The van der Waals surface area contributed by atoms with Crippen molar-refractivity contribution in [1.82, 2.24) is 59.8 Å². The van der Waals surface area contributed by atoms with E-state index in [4.69, 9.17) is 95.2 Å². The number of anilines is 10. The van der Waals surface area contributed by atoms with Crippen molar-refractivity contribution in [2.75, 3.05) is 78.7 Å². The van der Waals surface area contributed by atoms with E-state index in [0.717, 1.165) is 61.6 Å². The normalized spacial score (nSPS) is 10.9. The lowest BCUT2D eigenvalue weighted by Gasteiger charge is -2.19. The van der Waals surface area contributed by atoms with E-state index in [-0.39, 0.29) is 52.3 Å². The Morgan fingerprint density at radius 2 is 0.621 bits per heavy atom. The number of nitrogen functional groups attached to an aromatic ring is 10. The number of halogens is 3. The molecule has 19 aromatic rings. The molecule has 20 N–H and O–H groups in total. The molecule has 0 fully saturated rings. The second-order valence-electron chi connectivity index (χ2n) is 29.6. The van der Waals surface area contributed by atoms with E-state index in [1.165, 1.54) is 28.9 Å². The lowest BCUT2D eigenvalue weighted by Crippen LogP contribution is -2.10. The number of aromatic nitrogens is 12. The first-order valence-corrected chi connectivity index (χ1v) is 41.1. The Morgan fingerprint density at radius 3 is 1.05 bits per heavy atom. The molecule has 0 saturated heterocycles. The molecule has 0 radical (unpaired) electrons. The van der Waals surface area contributed by atoms with Crippen molar-refractivity contribution in [3.05, 3.63) is 309 Å². The first-order chi connectivity index (χ1) is 63.6. The number of alkyl halides is 3. The molecule has 0 aliphatic heterocycles. The number of fused-ring (bicyclic) bond motifs is 6. The number of para-hydroxylation sites is 1. The van der Waals surface area contributed by atoms with Gasteiger partial charge in [0.25, 0.3) is 0 Å². The van der Waals surface area contributed by atoms with Gasteiger partial charge in [-0.1, -0.05) is 154 Å². The molecular weight excluding hydrogens is 1700 g/mol. The molecule has 13 aromatic carbocycles. The predicted molar refractivity (Wildman–Crippen MR) is 513 cm³/mol. The average molecular weight is 1790 g/mol. The minimum atomic E-state index is -4.45. The van der Waals surface area contributed by atoms with Crippen LogP contribution in [0.2, 0.25) is 0 Å². The number of nitrogens with two attached hydrogens (primary N) is 10. The molecule has 0 spiro atoms. The standard InChI is InChI=1S/C20H15N3O.C18H20N4O.C16H16N4O3.C15H11F3N4O.C15H14N4O2.C14H11N3S/c21-19-18-16(22-20(23-19)14-8-3-1-4-9-14)12-7-13-17(18)24-15-10-5-2-6-11-15;1-18(2,3)11-7-9-12(10-8-11)23-14-6-4-5-13-15(14)16(19)22-17(20)21-13;1-21-11-7-6-9(8-13(11)22-2)23-12-5-3-4-10-14(12)15(17)20-16(18)19-10;16-15(17,18)8-3-1-4-9(7-8)23-11-6-2-5-10-12(11)13(19)22-14(20)21-10;1-20-9-5-7-10(8-6-9)21-12-4-2-3-11-13(12)14(16)19-15(17)18-11;15-14-13-11(16-9-17-14)7-4-8-12(13)18-10-5-2-1-3-6-10/h1-13H,(H2,21,22,23);4-10H,1-3H3,(H4,19,20,21,22);3-8H,1-2H3,(H4,17,18,19,20);1-7H,(H4,19,20,21,22);2-8H,1H3,(H4,16,17,18,19);1-9H,(H2,15,16,17). The largest absolute Gasteiger partial charge is 0.497 e. The smallest absolute Gasteiger partial charge is 0.416 e. The minimum absolute atomic E-state index is 0.00576. The topological polar surface area (TPSA) is 489 Å². The van der Waals surface area contributed by atoms with Crippen molar-refractivity contribution in [2.45, 2.75) is 42.2 Å². The number of benzene rings is 13. The number of rotatable bonds is 16. The third kappa shape index (κ3) is 22.4. The molecule has 0 bridgehead atoms. The SMILES string of the molecule is CC(C)(C)c1ccc(Oc2cccc3nc(N)nc(N)c23)cc1.COc1ccc(Oc2cccc3nc(N)nc(N)c23)cc1.COc1ccc(Oc2cccc3nc(N)nc(N)c23)cc1OC.Nc1nc(-c2ccccc2)nc2cccc(Oc3ccccc3)c12.Nc1nc(N)c2c(Oc3cccc(C(F)(F)F)c3)cccc2n1.Nc1ncnc2cccc(Sc3ccccc3)c12. The van der Waals surface area contributed by atoms with Gasteiger partial charge in [0.1, 0.15) is 104 Å². The lowest BCUT2D eigenvalue weighted by molar-refractivity contribution is -0.137. The van der Waals surface area contributed by atoms with Crippen LogP contribution in [0.5, 0.6) is 74.7 Å². The summed E-state index contributed by atoms with van der Waals surface area (Å²) in [7, 11) is 4.75. The van der Waals surface area contributed by atoms with E-state index in [9.17, 15) is 13.2 Å². The Kier molecular flexibility index (Phi) is 28.0. The Labute approximate surface area is 758 Å². The van der Waals surface area contributed by atoms with Crippen LogP contribution in [0.25, 0.3) is 76.8 Å². The van der Waals surface area contributed by atoms with Gasteiger partial charge < -0.3 is 95.2 Å². The maximum absolute atomic E-state index is 12.8. The molecule has 30 nitrogen and oxygen atoms in total. The summed E-state index contributed by atoms with van der Waals surface area (Å²) in [4.78, 5) is 52.0. The van der Waals surface area contributed by atoms with Gasteiger partial charge >= 0.3 is 6.18 Å². The summed E-state index contributed by atoms with van der Waals surface area (Å²) < 4.78 is 83.1. The van der Waals surface area contributed by atoms with Crippen molar-refractivity contribution in [3.8, 4) is 86.1 Å². The van der Waals surface area contributed by atoms with Gasteiger partial charge in [-0.2, -0.15) is 33.1 Å². The van der Waals surface area contributed by atoms with Crippen molar-refractivity contribution in [1.29, 1.82) is 0 Å². The number of hydrogen-bond donors (Lipinski definition) is 10. The summed E-state index contributed by atoms with van der Waals surface area (Å²) >= 11 is 1.67. The number of ether oxygens (including phenoxy) is 8. The Bertz CT molecular complexity index is 7290. The monoisotopic (exact) mass is 1790 g/mol. The van der Waals surface area contributed by atoms with Crippen molar-refractivity contribution >= 4 is 136 Å². The Hall–Kier alpha value is -17.6. The van der Waals surface area contributed by atoms with E-state index in [0.29, 0.717) is 119 Å². The first-order valence-electron chi connectivity index (χ1n) is 40.3. The van der Waals surface area contributed by atoms with Gasteiger partial charge in [0.05, 0.1) is 92.3 Å². The zero-order chi connectivity index (χ0) is 93.2. The third-order valence-corrected chi connectivity index (χ3v) is 20.5. The first kappa shape index (κ1) is 90.7. The Balaban J connectivity index is 0.000000128. The second kappa shape index (κ2) is 40.8. The van der Waals surface area contributed by atoms with Crippen LogP contribution in [-0.4, -0.2) is 81.1 Å². The maximum atomic E-state index is 12.8. The molecule has 0 aliphatic carbocycles. The highest BCUT2D eigenvalue weighted by molar-refractivity contribution is 7.99. The maximum Gasteiger partial charge on any atom is 0.416 e. The van der Waals surface area contributed by atoms with Gasteiger partial charge in [0.15, 0.2) is 17.3 Å². The zero-order valence-electron chi connectivity index (χ0n) is 71.7. The molecule has 132 heavy (non-hydrogen) atoms. The molecule has 0 unspecified atom stereocenters. The van der Waals surface area contributed by atoms with E-state index < -0.39 is 11.7 Å². The molecule has 0 saturated carbocycles. The molecular formula is C98H87F3N22O8S. The molecule has 0 amide bonds. The molecule has 0 aliphatic rings. The highest BCUT2D eigenvalue weighted by Gasteiger charge is 2.31. The predicted octanol–water partition coefficient (Wildman–Crippen LogP) is 20.7. The average Bonchev–Trinajstić information content (AvgIpc) is 0.780. The fourth-order valence-corrected chi connectivity index (χ4v) is 14.3. The number of hydrogen-bond acceptors (Lipinski definition) is 31. The molecule has 6 heterocycles. The highest BCUT2D eigenvalue weighted by Crippen LogP contribution is 2.43. The van der Waals surface area contributed by atoms with Gasteiger partial charge in [-0.05, 0) is 175 Å². The van der Waals surface area contributed by atoms with E-state index in [1.54, 1.807) is 81.6 Å². The van der Waals surface area contributed by atoms with Gasteiger partial charge in [0, 0.05) is 21.4 Å². The van der Waals surface area contributed by atoms with E-state index in [1.807, 2.05) is 194 Å². The van der Waals surface area contributed by atoms with Crippen LogP contribution in [0.4, 0.5) is 71.9 Å². The quantitative estimate of drug-likeness (QED) is 0.0429. The van der Waals surface area contributed by atoms with Crippen LogP contribution in [0.15, 0.2) is 307 Å². The molecule has 34 heteroatoms. The van der Waals surface area contributed by atoms with Gasteiger partial charge in [0.2, 0.25) is 23.8 Å². The van der Waals surface area contributed by atoms with Crippen LogP contribution >= 0.6 is 11.8 Å². The zero-order valence-corrected chi connectivity index (χ0v) is 72.6. The van der Waals surface area contributed by atoms with Crippen LogP contribution in [-0.2, 0) is 11.6 Å². The van der Waals surface area contributed by atoms with Crippen molar-refractivity contribution < 1.29 is 51.1 Å². The molecule has 0 atom stereocenters. The summed E-state index contributed by atoms with van der Waals surface area (Å²) in [6.45, 7) is 6.53. The summed E-state index contributed by atoms with van der Waals surface area (Å²) in [6, 6.07) is 87.6. The van der Waals surface area contributed by atoms with Gasteiger partial charge in [-0.15, -0.1) is 0 Å². The summed E-state index contributed by atoms with van der Waals surface area (Å²) in [6.07, 6.45) is -2.96. The van der Waals surface area contributed by atoms with Crippen LogP contribution in [0.3, 0.4) is 0 Å². The highest BCUT2D eigenvalue weighted by atomic mass is 32.2. The number of nitrogens with zero attached hydrogens (tertiary/aromatic N) is 12. The Morgan fingerprint density at radius 1 is 0.265 bits per heavy atom. The summed E-state index contributed by atoms with van der Waals surface area (Å²) in [5.41, 5.74) is 63.7. The summed E-state index contributed by atoms with van der Waals surface area (Å²) in [5.74, 6) is 10.3. The molecule has 664 valence electrons. The van der Waals surface area contributed by atoms with Crippen LogP contribution in [0, 0.1) is 0 Å². The van der Waals surface area contributed by atoms with Crippen LogP contribution < -0.4 is 95.2 Å². The second-order valence-corrected chi connectivity index (χ2v) is 30.7. The van der Waals surface area contributed by atoms with E-state index >= 15 is 0 Å². The number of methoxy groups -OCH3 is 3. The van der Waals surface area contributed by atoms with Crippen molar-refractivity contribution in [2.24, 2.45) is 0 Å². The summed E-state index contributed by atoms with van der Waals surface area (Å²) in [5, 5.41) is 3.95. The fraction of sp³-hybridized carbons (Fsp3) is 0.0816. The van der Waals surface area contributed by atoms with Crippen molar-refractivity contribution in [3.63, 3.8) is 0 Å². The molecule has 19 rings (SSSR count). The fourth-order valence-electron chi connectivity index (χ4n) is 13.3. The van der Waals surface area contributed by atoms with Gasteiger partial charge in [-0.25, -0.2) is 39.9 Å². The third-order valence-electron chi connectivity index (χ3n) is 19.5. The lowest BCUT2D eigenvalue weighted by atomic mass is 9.87. The van der Waals surface area contributed by atoms with Crippen LogP contribution in [0.1, 0.15) is 31.9 Å². The minimum Gasteiger partial charge on any atom is -0.497 e. The van der Waals surface area contributed by atoms with E-state index in [2.05, 4.69) is 105 Å².